The number of nitrogens with zero attached hydrogens (tertiary/aromatic N) is 1. The maximum absolute atomic E-state index is 13.7. The first kappa shape index (κ1) is 25.7. The number of aromatic amines is 1. The number of anilines is 2. The van der Waals surface area contributed by atoms with Gasteiger partial charge in [-0.3, -0.25) is 4.79 Å². The number of imidazole rings is 1. The minimum Gasteiger partial charge on any atom is -0.396 e. The zero-order chi connectivity index (χ0) is 26.5. The number of benzene rings is 2. The molecular weight excluding hydrogens is 523 g/mol. The van der Waals surface area contributed by atoms with E-state index in [1.165, 1.54) is 36.5 Å². The van der Waals surface area contributed by atoms with E-state index in [-0.39, 0.29) is 45.5 Å². The lowest BCUT2D eigenvalue weighted by Crippen LogP contribution is -2.52. The van der Waals surface area contributed by atoms with Gasteiger partial charge in [0.2, 0.25) is 0 Å². The number of H-pyrrole nitrogens is 1. The van der Waals surface area contributed by atoms with Crippen molar-refractivity contribution in [1.82, 2.24) is 9.97 Å². The highest BCUT2D eigenvalue weighted by molar-refractivity contribution is 7.92. The normalized spacial score (nSPS) is 26.1. The van der Waals surface area contributed by atoms with Crippen LogP contribution in [0.2, 0.25) is 5.02 Å². The van der Waals surface area contributed by atoms with Crippen LogP contribution in [0, 0.1) is 17.7 Å². The summed E-state index contributed by atoms with van der Waals surface area (Å²) in [7, 11) is -3.99. The predicted molar refractivity (Wildman–Crippen MR) is 135 cm³/mol. The standard InChI is InChI=1S/C25H26ClFN4O5S/c26-18-5-1-13(24(33)31-16-4-6-19(27)20(28)12-16)9-21(18)37(35,36)17-10-14-2-3-15(11-17)25(14,34)22(32)23-29-7-8-30-23/h1,4-9,12,14-15,17,22,32,34H,2-3,10-11,28H2,(H,29,30)(H,31,33)/t14-,15?,17?,22?,25?/m0/s1. The number of hydrogen-bond donors (Lipinski definition) is 5. The maximum atomic E-state index is 13.7. The van der Waals surface area contributed by atoms with E-state index >= 15 is 0 Å². The zero-order valence-electron chi connectivity index (χ0n) is 19.6. The van der Waals surface area contributed by atoms with Crippen molar-refractivity contribution < 1.29 is 27.8 Å². The third kappa shape index (κ3) is 4.39. The molecule has 5 rings (SSSR count). The molecule has 1 amide bonds. The van der Waals surface area contributed by atoms with Gasteiger partial charge >= 0.3 is 0 Å². The molecule has 3 aromatic rings. The summed E-state index contributed by atoms with van der Waals surface area (Å²) in [6.07, 6.45) is 3.18. The first-order valence-corrected chi connectivity index (χ1v) is 13.7. The first-order chi connectivity index (χ1) is 17.5. The smallest absolute Gasteiger partial charge is 0.255 e. The van der Waals surface area contributed by atoms with E-state index in [4.69, 9.17) is 17.3 Å². The Kier molecular flexibility index (Phi) is 6.51. The lowest BCUT2D eigenvalue weighted by Gasteiger charge is -2.44. The van der Waals surface area contributed by atoms with Gasteiger partial charge in [0.15, 0.2) is 9.84 Å². The number of rotatable bonds is 6. The highest BCUT2D eigenvalue weighted by Crippen LogP contribution is 2.56. The summed E-state index contributed by atoms with van der Waals surface area (Å²) in [4.78, 5) is 19.5. The van der Waals surface area contributed by atoms with Crippen LogP contribution in [0.4, 0.5) is 15.8 Å². The van der Waals surface area contributed by atoms with Gasteiger partial charge in [0.1, 0.15) is 23.3 Å². The number of fused-ring (bicyclic) bond motifs is 2. The molecule has 6 N–H and O–H groups in total. The molecule has 2 fully saturated rings. The fourth-order valence-corrected chi connectivity index (χ4v) is 8.16. The number of aromatic nitrogens is 2. The number of aliphatic hydroxyl groups excluding tert-OH is 1. The van der Waals surface area contributed by atoms with Crippen LogP contribution in [-0.4, -0.2) is 45.4 Å². The summed E-state index contributed by atoms with van der Waals surface area (Å²) in [5, 5.41) is 24.1. The Hall–Kier alpha value is -2.99. The van der Waals surface area contributed by atoms with E-state index in [0.717, 1.165) is 6.07 Å². The van der Waals surface area contributed by atoms with Crippen LogP contribution in [0.1, 0.15) is 48.0 Å². The highest BCUT2D eigenvalue weighted by atomic mass is 35.5. The van der Waals surface area contributed by atoms with Gasteiger partial charge in [-0.2, -0.15) is 0 Å². The lowest BCUT2D eigenvalue weighted by molar-refractivity contribution is -0.147. The van der Waals surface area contributed by atoms with Crippen molar-refractivity contribution in [3.8, 4) is 0 Å². The highest BCUT2D eigenvalue weighted by Gasteiger charge is 2.59. The van der Waals surface area contributed by atoms with Gasteiger partial charge < -0.3 is 26.2 Å². The van der Waals surface area contributed by atoms with Gasteiger partial charge in [-0.25, -0.2) is 17.8 Å². The van der Waals surface area contributed by atoms with Crippen molar-refractivity contribution in [2.75, 3.05) is 11.1 Å². The third-order valence-corrected chi connectivity index (χ3v) is 10.3. The molecule has 196 valence electrons. The van der Waals surface area contributed by atoms with Crippen molar-refractivity contribution >= 4 is 38.7 Å². The molecule has 0 spiro atoms. The first-order valence-electron chi connectivity index (χ1n) is 11.8. The van der Waals surface area contributed by atoms with Crippen molar-refractivity contribution in [2.24, 2.45) is 11.8 Å². The number of hydrogen-bond acceptors (Lipinski definition) is 7. The van der Waals surface area contributed by atoms with Crippen LogP contribution >= 0.6 is 11.6 Å². The Labute approximate surface area is 217 Å². The zero-order valence-corrected chi connectivity index (χ0v) is 21.1. The second-order valence-corrected chi connectivity index (χ2v) is 12.3. The predicted octanol–water partition coefficient (Wildman–Crippen LogP) is 3.46. The van der Waals surface area contributed by atoms with Crippen LogP contribution in [0.5, 0.6) is 0 Å². The van der Waals surface area contributed by atoms with Gasteiger partial charge in [0.25, 0.3) is 5.91 Å². The minimum absolute atomic E-state index is 0.0219. The molecule has 2 aliphatic rings. The average Bonchev–Trinajstić information content (AvgIpc) is 3.43. The van der Waals surface area contributed by atoms with E-state index < -0.39 is 50.4 Å². The summed E-state index contributed by atoms with van der Waals surface area (Å²) < 4.78 is 40.9. The van der Waals surface area contributed by atoms with Crippen LogP contribution in [0.3, 0.4) is 0 Å². The second kappa shape index (κ2) is 9.39. The summed E-state index contributed by atoms with van der Waals surface area (Å²) >= 11 is 6.29. The van der Waals surface area contributed by atoms with Gasteiger partial charge in [0.05, 0.1) is 20.9 Å². The fourth-order valence-electron chi connectivity index (χ4n) is 5.76. The Morgan fingerprint density at radius 2 is 1.92 bits per heavy atom. The molecule has 2 aliphatic carbocycles. The summed E-state index contributed by atoms with van der Waals surface area (Å²) in [6.45, 7) is 0. The number of halogens is 2. The summed E-state index contributed by atoms with van der Waals surface area (Å²) in [6, 6.07) is 7.68. The van der Waals surface area contributed by atoms with E-state index in [1.54, 1.807) is 6.20 Å². The van der Waals surface area contributed by atoms with Crippen molar-refractivity contribution in [3.05, 3.63) is 71.0 Å². The number of sulfone groups is 1. The van der Waals surface area contributed by atoms with Gasteiger partial charge in [-0.05, 0) is 73.9 Å². The Balaban J connectivity index is 1.39. The van der Waals surface area contributed by atoms with Crippen molar-refractivity contribution in [1.29, 1.82) is 0 Å². The number of aliphatic hydroxyl groups is 2. The molecule has 2 aromatic carbocycles. The molecule has 1 heterocycles. The topological polar surface area (TPSA) is 158 Å². The molecule has 5 atom stereocenters. The Morgan fingerprint density at radius 3 is 2.54 bits per heavy atom. The molecule has 12 heteroatoms. The van der Waals surface area contributed by atoms with Crippen LogP contribution in [0.25, 0.3) is 0 Å². The van der Waals surface area contributed by atoms with E-state index in [9.17, 15) is 27.8 Å². The van der Waals surface area contributed by atoms with Gasteiger partial charge in [-0.1, -0.05) is 11.6 Å². The Morgan fingerprint density at radius 1 is 1.22 bits per heavy atom. The second-order valence-electron chi connectivity index (χ2n) is 9.71. The van der Waals surface area contributed by atoms with E-state index in [0.29, 0.717) is 12.8 Å². The summed E-state index contributed by atoms with van der Waals surface area (Å²) in [5.41, 5.74) is 4.22. The van der Waals surface area contributed by atoms with Crippen molar-refractivity contribution in [3.63, 3.8) is 0 Å². The summed E-state index contributed by atoms with van der Waals surface area (Å²) in [5.74, 6) is -1.91. The molecule has 0 radical (unpaired) electrons. The molecule has 4 unspecified atom stereocenters. The SMILES string of the molecule is Nc1cc(NC(=O)c2ccc(Cl)c(S(=O)(=O)C3CC4CC[C@@H](C3)C4(O)C(O)c3ncc[nH]3)c2)ccc1F. The van der Waals surface area contributed by atoms with Gasteiger partial charge in [-0.15, -0.1) is 0 Å². The van der Waals surface area contributed by atoms with Crippen LogP contribution < -0.4 is 11.1 Å². The largest absolute Gasteiger partial charge is 0.396 e. The number of nitrogen functional groups attached to an aromatic ring is 1. The monoisotopic (exact) mass is 548 g/mol. The molecule has 0 saturated heterocycles. The number of carbonyl (C=O) groups is 1. The Bertz CT molecular complexity index is 1440. The van der Waals surface area contributed by atoms with E-state index in [1.807, 2.05) is 0 Å². The van der Waals surface area contributed by atoms with E-state index in [2.05, 4.69) is 15.3 Å². The number of nitrogens with two attached hydrogens (primary N) is 1. The lowest BCUT2D eigenvalue weighted by atomic mass is 9.71. The fraction of sp³-hybridized carbons (Fsp3) is 0.360. The molecular formula is C25H26ClFN4O5S. The maximum Gasteiger partial charge on any atom is 0.255 e. The minimum atomic E-state index is -3.99. The molecule has 37 heavy (non-hydrogen) atoms. The molecule has 1 aromatic heterocycles. The molecule has 9 nitrogen and oxygen atoms in total. The number of amides is 1. The average molecular weight is 549 g/mol. The molecule has 2 bridgehead atoms. The third-order valence-electron chi connectivity index (χ3n) is 7.68. The van der Waals surface area contributed by atoms with Crippen LogP contribution in [0.15, 0.2) is 53.7 Å². The van der Waals surface area contributed by atoms with Crippen LogP contribution in [-0.2, 0) is 9.84 Å². The quantitative estimate of drug-likeness (QED) is 0.295. The number of carbonyl (C=O) groups excluding carboxylic acids is 1. The number of nitrogens with one attached hydrogen (secondary N) is 2. The molecule has 0 aliphatic heterocycles. The van der Waals surface area contributed by atoms with Crippen molar-refractivity contribution in [2.45, 2.75) is 47.5 Å². The molecule has 2 saturated carbocycles. The van der Waals surface area contributed by atoms with Gasteiger partial charge in [0, 0.05) is 23.6 Å².